The normalized spacial score (nSPS) is 11.3. The van der Waals surface area contributed by atoms with Crippen LogP contribution in [0.2, 0.25) is 5.02 Å². The van der Waals surface area contributed by atoms with Gasteiger partial charge in [0, 0.05) is 5.56 Å². The molecule has 27 heavy (non-hydrogen) atoms. The lowest BCUT2D eigenvalue weighted by atomic mass is 10.2. The van der Waals surface area contributed by atoms with Crippen LogP contribution in [0, 0.1) is 0 Å². The van der Waals surface area contributed by atoms with E-state index in [-0.39, 0.29) is 10.8 Å². The van der Waals surface area contributed by atoms with Crippen molar-refractivity contribution in [1.29, 1.82) is 0 Å². The van der Waals surface area contributed by atoms with Gasteiger partial charge in [0.05, 0.1) is 32.8 Å². The third kappa shape index (κ3) is 3.69. The number of thiazole rings is 1. The monoisotopic (exact) mass is 396 g/mol. The topological polar surface area (TPSA) is 90.4 Å². The van der Waals surface area contributed by atoms with E-state index in [1.165, 1.54) is 24.4 Å². The van der Waals surface area contributed by atoms with Crippen molar-refractivity contribution in [2.45, 2.75) is 0 Å². The lowest BCUT2D eigenvalue weighted by Gasteiger charge is -2.01. The highest BCUT2D eigenvalue weighted by molar-refractivity contribution is 7.21. The molecular weight excluding hydrogens is 384 g/mol. The standard InChI is InChI=1S/C19H13ClN4O2S/c20-13-9-11(5-8-16(13)25)18(26)24-21-10-12-6-7-15(22-12)19-23-14-3-1-2-4-17(14)27-19/h1-10,22,25H,(H,24,26)/b21-10+. The number of hydrazone groups is 1. The van der Waals surface area contributed by atoms with Crippen molar-refractivity contribution in [3.8, 4) is 16.5 Å². The van der Waals surface area contributed by atoms with Crippen molar-refractivity contribution >= 4 is 45.3 Å². The predicted octanol–water partition coefficient (Wildman–Crippen LogP) is 4.41. The number of nitrogens with one attached hydrogen (secondary N) is 2. The molecule has 8 heteroatoms. The van der Waals surface area contributed by atoms with E-state index in [0.29, 0.717) is 5.56 Å². The molecule has 0 spiro atoms. The van der Waals surface area contributed by atoms with Gasteiger partial charge in [0.25, 0.3) is 5.91 Å². The lowest BCUT2D eigenvalue weighted by Crippen LogP contribution is -2.17. The largest absolute Gasteiger partial charge is 0.506 e. The van der Waals surface area contributed by atoms with E-state index in [0.717, 1.165) is 26.6 Å². The van der Waals surface area contributed by atoms with Gasteiger partial charge in [-0.2, -0.15) is 5.10 Å². The molecular formula is C19H13ClN4O2S. The first-order valence-electron chi connectivity index (χ1n) is 7.97. The molecule has 0 bridgehead atoms. The number of nitrogens with zero attached hydrogens (tertiary/aromatic N) is 2. The Balaban J connectivity index is 1.45. The molecule has 1 amide bonds. The molecule has 0 aliphatic carbocycles. The molecule has 2 aromatic heterocycles. The minimum atomic E-state index is -0.425. The molecule has 0 fully saturated rings. The third-order valence-electron chi connectivity index (χ3n) is 3.81. The van der Waals surface area contributed by atoms with Crippen LogP contribution >= 0.6 is 22.9 Å². The number of phenolic OH excluding ortho intramolecular Hbond substituents is 1. The van der Waals surface area contributed by atoms with E-state index >= 15 is 0 Å². The molecule has 6 nitrogen and oxygen atoms in total. The van der Waals surface area contributed by atoms with Gasteiger partial charge in [0.2, 0.25) is 0 Å². The Kier molecular flexibility index (Phi) is 4.62. The average molecular weight is 397 g/mol. The smallest absolute Gasteiger partial charge is 0.271 e. The number of aromatic hydroxyl groups is 1. The molecule has 4 rings (SSSR count). The lowest BCUT2D eigenvalue weighted by molar-refractivity contribution is 0.0955. The second-order valence-corrected chi connectivity index (χ2v) is 7.12. The van der Waals surface area contributed by atoms with Gasteiger partial charge in [0.15, 0.2) is 0 Å². The number of phenols is 1. The van der Waals surface area contributed by atoms with Crippen molar-refractivity contribution in [2.75, 3.05) is 0 Å². The molecule has 0 atom stereocenters. The highest BCUT2D eigenvalue weighted by atomic mass is 35.5. The fourth-order valence-corrected chi connectivity index (χ4v) is 3.60. The number of carbonyl (C=O) groups is 1. The van der Waals surface area contributed by atoms with Crippen molar-refractivity contribution < 1.29 is 9.90 Å². The number of rotatable bonds is 4. The molecule has 0 aliphatic heterocycles. The van der Waals surface area contributed by atoms with Crippen LogP contribution in [0.3, 0.4) is 0 Å². The molecule has 4 aromatic rings. The van der Waals surface area contributed by atoms with Crippen LogP contribution in [-0.2, 0) is 0 Å². The Labute approximate surface area is 163 Å². The first-order chi connectivity index (χ1) is 13.1. The van der Waals surface area contributed by atoms with Crippen LogP contribution in [0.1, 0.15) is 16.1 Å². The van der Waals surface area contributed by atoms with E-state index in [1.54, 1.807) is 11.3 Å². The quantitative estimate of drug-likeness (QED) is 0.352. The highest BCUT2D eigenvalue weighted by Gasteiger charge is 2.09. The summed E-state index contributed by atoms with van der Waals surface area (Å²) in [5.41, 5.74) is 5.30. The first-order valence-corrected chi connectivity index (χ1v) is 9.16. The number of benzene rings is 2. The second-order valence-electron chi connectivity index (χ2n) is 5.68. The Bertz CT molecular complexity index is 1130. The summed E-state index contributed by atoms with van der Waals surface area (Å²) in [6.45, 7) is 0. The molecule has 0 unspecified atom stereocenters. The van der Waals surface area contributed by atoms with E-state index in [1.807, 2.05) is 36.4 Å². The van der Waals surface area contributed by atoms with Gasteiger partial charge in [-0.3, -0.25) is 4.79 Å². The SMILES string of the molecule is O=C(N/N=C/c1ccc(-c2nc3ccccc3s2)[nH]1)c1ccc(O)c(Cl)c1. The number of halogens is 1. The zero-order chi connectivity index (χ0) is 18.8. The van der Waals surface area contributed by atoms with Crippen molar-refractivity contribution in [1.82, 2.24) is 15.4 Å². The van der Waals surface area contributed by atoms with Gasteiger partial charge in [-0.1, -0.05) is 23.7 Å². The van der Waals surface area contributed by atoms with Gasteiger partial charge in [-0.15, -0.1) is 11.3 Å². The summed E-state index contributed by atoms with van der Waals surface area (Å²) in [4.78, 5) is 19.9. The molecule has 3 N–H and O–H groups in total. The summed E-state index contributed by atoms with van der Waals surface area (Å²) in [6.07, 6.45) is 1.51. The van der Waals surface area contributed by atoms with Crippen molar-refractivity contribution in [3.63, 3.8) is 0 Å². The van der Waals surface area contributed by atoms with Crippen molar-refractivity contribution in [3.05, 3.63) is 70.9 Å². The number of carbonyl (C=O) groups excluding carboxylic acids is 1. The Morgan fingerprint density at radius 3 is 2.89 bits per heavy atom. The number of hydrogen-bond donors (Lipinski definition) is 3. The fourth-order valence-electron chi connectivity index (χ4n) is 2.47. The first kappa shape index (κ1) is 17.3. The fraction of sp³-hybridized carbons (Fsp3) is 0. The number of amides is 1. The van der Waals surface area contributed by atoms with Gasteiger partial charge in [-0.25, -0.2) is 10.4 Å². The molecule has 134 valence electrons. The minimum Gasteiger partial charge on any atom is -0.506 e. The number of fused-ring (bicyclic) bond motifs is 1. The van der Waals surface area contributed by atoms with Crippen LogP contribution in [0.4, 0.5) is 0 Å². The zero-order valence-corrected chi connectivity index (χ0v) is 15.4. The summed E-state index contributed by atoms with van der Waals surface area (Å²) in [5, 5.41) is 14.3. The summed E-state index contributed by atoms with van der Waals surface area (Å²) >= 11 is 7.40. The van der Waals surface area contributed by atoms with Gasteiger partial charge in [-0.05, 0) is 42.5 Å². The Hall–Kier alpha value is -3.16. The van der Waals surface area contributed by atoms with Gasteiger partial charge < -0.3 is 10.1 Å². The summed E-state index contributed by atoms with van der Waals surface area (Å²) in [5.74, 6) is -0.503. The van der Waals surface area contributed by atoms with Crippen LogP contribution < -0.4 is 5.43 Å². The number of aromatic amines is 1. The molecule has 0 saturated carbocycles. The van der Waals surface area contributed by atoms with Crippen LogP contribution in [0.15, 0.2) is 59.7 Å². The maximum atomic E-state index is 12.0. The Morgan fingerprint density at radius 2 is 2.07 bits per heavy atom. The maximum Gasteiger partial charge on any atom is 0.271 e. The van der Waals surface area contributed by atoms with E-state index in [2.05, 4.69) is 20.5 Å². The second kappa shape index (κ2) is 7.22. The third-order valence-corrected chi connectivity index (χ3v) is 5.18. The summed E-state index contributed by atoms with van der Waals surface area (Å²) in [7, 11) is 0. The molecule has 0 radical (unpaired) electrons. The maximum absolute atomic E-state index is 12.0. The molecule has 2 heterocycles. The van der Waals surface area contributed by atoms with Crippen molar-refractivity contribution in [2.24, 2.45) is 5.10 Å². The van der Waals surface area contributed by atoms with Crippen LogP contribution in [0.25, 0.3) is 20.9 Å². The van der Waals surface area contributed by atoms with Crippen LogP contribution in [0.5, 0.6) is 5.75 Å². The summed E-state index contributed by atoms with van der Waals surface area (Å²) < 4.78 is 1.12. The zero-order valence-electron chi connectivity index (χ0n) is 13.8. The summed E-state index contributed by atoms with van der Waals surface area (Å²) in [6, 6.07) is 15.9. The number of para-hydroxylation sites is 1. The highest BCUT2D eigenvalue weighted by Crippen LogP contribution is 2.29. The van der Waals surface area contributed by atoms with Crippen LogP contribution in [-0.4, -0.2) is 27.2 Å². The van der Waals surface area contributed by atoms with E-state index in [9.17, 15) is 9.90 Å². The van der Waals surface area contributed by atoms with Gasteiger partial charge in [0.1, 0.15) is 10.8 Å². The molecule has 2 aromatic carbocycles. The van der Waals surface area contributed by atoms with E-state index in [4.69, 9.17) is 11.6 Å². The Morgan fingerprint density at radius 1 is 1.22 bits per heavy atom. The van der Waals surface area contributed by atoms with Gasteiger partial charge >= 0.3 is 0 Å². The predicted molar refractivity (Wildman–Crippen MR) is 108 cm³/mol. The number of hydrogen-bond acceptors (Lipinski definition) is 5. The van der Waals surface area contributed by atoms with E-state index < -0.39 is 5.91 Å². The molecule has 0 aliphatic rings. The number of H-pyrrole nitrogens is 1. The average Bonchev–Trinajstić information content (AvgIpc) is 3.30. The molecule has 0 saturated heterocycles. The minimum absolute atomic E-state index is 0.0783. The number of aromatic nitrogens is 2.